The Balaban J connectivity index is 1.84. The van der Waals surface area contributed by atoms with E-state index in [2.05, 4.69) is 4.90 Å². The van der Waals surface area contributed by atoms with Crippen LogP contribution in [0.25, 0.3) is 0 Å². The van der Waals surface area contributed by atoms with Crippen LogP contribution in [0.4, 0.5) is 10.1 Å². The summed E-state index contributed by atoms with van der Waals surface area (Å²) >= 11 is 0. The lowest BCUT2D eigenvalue weighted by Gasteiger charge is -2.44. The van der Waals surface area contributed by atoms with Crippen LogP contribution in [0.2, 0.25) is 0 Å². The summed E-state index contributed by atoms with van der Waals surface area (Å²) in [6.07, 6.45) is 6.64. The van der Waals surface area contributed by atoms with Crippen LogP contribution in [-0.4, -0.2) is 12.6 Å². The third-order valence-electron chi connectivity index (χ3n) is 4.11. The van der Waals surface area contributed by atoms with Crippen LogP contribution in [0.1, 0.15) is 32.1 Å². The van der Waals surface area contributed by atoms with Crippen molar-refractivity contribution < 1.29 is 4.39 Å². The molecule has 1 aliphatic carbocycles. The zero-order valence-corrected chi connectivity index (χ0v) is 9.53. The van der Waals surface area contributed by atoms with E-state index in [1.165, 1.54) is 38.2 Å². The van der Waals surface area contributed by atoms with Gasteiger partial charge < -0.3 is 4.90 Å². The third-order valence-corrected chi connectivity index (χ3v) is 4.11. The fourth-order valence-electron chi connectivity index (χ4n) is 3.31. The lowest BCUT2D eigenvalue weighted by atomic mass is 9.79. The molecule has 0 amide bonds. The van der Waals surface area contributed by atoms with E-state index in [0.29, 0.717) is 6.04 Å². The highest BCUT2D eigenvalue weighted by Gasteiger charge is 2.31. The van der Waals surface area contributed by atoms with Crippen molar-refractivity contribution in [1.29, 1.82) is 0 Å². The van der Waals surface area contributed by atoms with Gasteiger partial charge in [-0.15, -0.1) is 0 Å². The summed E-state index contributed by atoms with van der Waals surface area (Å²) in [4.78, 5) is 2.42. The van der Waals surface area contributed by atoms with E-state index in [-0.39, 0.29) is 5.82 Å². The van der Waals surface area contributed by atoms with Gasteiger partial charge in [0.2, 0.25) is 0 Å². The van der Waals surface area contributed by atoms with Crippen LogP contribution >= 0.6 is 0 Å². The summed E-state index contributed by atoms with van der Waals surface area (Å²) in [5, 5.41) is 0. The van der Waals surface area contributed by atoms with Gasteiger partial charge >= 0.3 is 0 Å². The van der Waals surface area contributed by atoms with Crippen LogP contribution in [0.5, 0.6) is 0 Å². The standard InChI is InChI=1S/C14H18FN/c15-12-4-2-6-14(10-12)16-8-7-11-3-1-5-13(16)9-11/h2,4,6,10-11,13H,1,3,5,7-9H2/t11?,13-/m1/s1. The Morgan fingerprint density at radius 3 is 3.00 bits per heavy atom. The highest BCUT2D eigenvalue weighted by atomic mass is 19.1. The molecule has 2 bridgehead atoms. The topological polar surface area (TPSA) is 3.24 Å². The van der Waals surface area contributed by atoms with Crippen LogP contribution in [0, 0.1) is 11.7 Å². The molecule has 1 aromatic carbocycles. The Labute approximate surface area is 96.3 Å². The Morgan fingerprint density at radius 2 is 2.12 bits per heavy atom. The van der Waals surface area contributed by atoms with Gasteiger partial charge in [-0.1, -0.05) is 18.9 Å². The van der Waals surface area contributed by atoms with E-state index in [1.807, 2.05) is 12.1 Å². The van der Waals surface area contributed by atoms with E-state index >= 15 is 0 Å². The second-order valence-corrected chi connectivity index (χ2v) is 5.15. The van der Waals surface area contributed by atoms with Gasteiger partial charge in [0.05, 0.1) is 0 Å². The maximum absolute atomic E-state index is 13.2. The van der Waals surface area contributed by atoms with Crippen molar-refractivity contribution in [1.82, 2.24) is 0 Å². The van der Waals surface area contributed by atoms with Gasteiger partial charge in [0.15, 0.2) is 0 Å². The van der Waals surface area contributed by atoms with Crippen molar-refractivity contribution in [3.8, 4) is 0 Å². The molecule has 1 nitrogen and oxygen atoms in total. The SMILES string of the molecule is Fc1cccc(N2CCC3CCC[C@@H]2C3)c1. The van der Waals surface area contributed by atoms with Crippen LogP contribution in [-0.2, 0) is 0 Å². The molecule has 86 valence electrons. The molecule has 3 rings (SSSR count). The quantitative estimate of drug-likeness (QED) is 0.697. The first-order valence-electron chi connectivity index (χ1n) is 6.35. The summed E-state index contributed by atoms with van der Waals surface area (Å²) in [5.74, 6) is 0.819. The Bertz CT molecular complexity index is 377. The van der Waals surface area contributed by atoms with Gasteiger partial charge in [-0.3, -0.25) is 0 Å². The molecule has 0 radical (unpaired) electrons. The Kier molecular flexibility index (Phi) is 2.58. The number of fused-ring (bicyclic) bond motifs is 2. The zero-order chi connectivity index (χ0) is 11.0. The molecule has 1 saturated heterocycles. The Hall–Kier alpha value is -1.05. The first-order valence-corrected chi connectivity index (χ1v) is 6.35. The van der Waals surface area contributed by atoms with Crippen LogP contribution in [0.15, 0.2) is 24.3 Å². The largest absolute Gasteiger partial charge is 0.368 e. The highest BCUT2D eigenvalue weighted by molar-refractivity contribution is 5.48. The van der Waals surface area contributed by atoms with E-state index in [4.69, 9.17) is 0 Å². The van der Waals surface area contributed by atoms with Gasteiger partial charge in [0.25, 0.3) is 0 Å². The number of benzene rings is 1. The number of anilines is 1. The first-order chi connectivity index (χ1) is 7.83. The fraction of sp³-hybridized carbons (Fsp3) is 0.571. The second-order valence-electron chi connectivity index (χ2n) is 5.15. The first kappa shape index (κ1) is 10.1. The van der Waals surface area contributed by atoms with E-state index in [0.717, 1.165) is 18.2 Å². The third kappa shape index (κ3) is 1.81. The summed E-state index contributed by atoms with van der Waals surface area (Å²) < 4.78 is 13.2. The minimum Gasteiger partial charge on any atom is -0.368 e. The average Bonchev–Trinajstić information content (AvgIpc) is 2.29. The maximum Gasteiger partial charge on any atom is 0.125 e. The molecular formula is C14H18FN. The summed E-state index contributed by atoms with van der Waals surface area (Å²) in [6.45, 7) is 1.11. The smallest absolute Gasteiger partial charge is 0.125 e. The van der Waals surface area contributed by atoms with E-state index in [9.17, 15) is 4.39 Å². The second kappa shape index (κ2) is 4.08. The highest BCUT2D eigenvalue weighted by Crippen LogP contribution is 2.37. The minimum absolute atomic E-state index is 0.115. The van der Waals surface area contributed by atoms with Crippen molar-refractivity contribution in [3.63, 3.8) is 0 Å². The average molecular weight is 219 g/mol. The molecule has 1 aliphatic heterocycles. The molecule has 1 aromatic rings. The Morgan fingerprint density at radius 1 is 1.19 bits per heavy atom. The molecule has 2 heteroatoms. The summed E-state index contributed by atoms with van der Waals surface area (Å²) in [7, 11) is 0. The van der Waals surface area contributed by atoms with Crippen molar-refractivity contribution >= 4 is 5.69 Å². The molecule has 0 spiro atoms. The van der Waals surface area contributed by atoms with Crippen molar-refractivity contribution in [3.05, 3.63) is 30.1 Å². The number of halogens is 1. The molecule has 1 unspecified atom stereocenters. The normalized spacial score (nSPS) is 29.2. The number of hydrogen-bond acceptors (Lipinski definition) is 1. The minimum atomic E-state index is -0.115. The molecule has 2 aliphatic rings. The monoisotopic (exact) mass is 219 g/mol. The number of piperidine rings is 1. The fourth-order valence-corrected chi connectivity index (χ4v) is 3.31. The van der Waals surface area contributed by atoms with E-state index in [1.54, 1.807) is 6.07 Å². The molecule has 1 saturated carbocycles. The van der Waals surface area contributed by atoms with Gasteiger partial charge in [-0.2, -0.15) is 0 Å². The summed E-state index contributed by atoms with van der Waals surface area (Å²) in [5.41, 5.74) is 1.07. The molecule has 1 heterocycles. The number of hydrogen-bond donors (Lipinski definition) is 0. The van der Waals surface area contributed by atoms with Gasteiger partial charge in [-0.25, -0.2) is 4.39 Å². The number of rotatable bonds is 1. The van der Waals surface area contributed by atoms with Crippen LogP contribution in [0.3, 0.4) is 0 Å². The molecule has 0 aromatic heterocycles. The molecule has 0 N–H and O–H groups in total. The summed E-state index contributed by atoms with van der Waals surface area (Å²) in [6, 6.07) is 7.72. The van der Waals surface area contributed by atoms with Crippen LogP contribution < -0.4 is 4.90 Å². The van der Waals surface area contributed by atoms with Crippen molar-refractivity contribution in [2.24, 2.45) is 5.92 Å². The lowest BCUT2D eigenvalue weighted by Crippen LogP contribution is -2.44. The predicted octanol–water partition coefficient (Wildman–Crippen LogP) is 3.59. The molecule has 2 fully saturated rings. The van der Waals surface area contributed by atoms with Gasteiger partial charge in [0, 0.05) is 18.3 Å². The van der Waals surface area contributed by atoms with Crippen molar-refractivity contribution in [2.45, 2.75) is 38.1 Å². The molecular weight excluding hydrogens is 201 g/mol. The maximum atomic E-state index is 13.2. The van der Waals surface area contributed by atoms with Gasteiger partial charge in [-0.05, 0) is 43.4 Å². The predicted molar refractivity (Wildman–Crippen MR) is 64.1 cm³/mol. The molecule has 2 atom stereocenters. The molecule has 16 heavy (non-hydrogen) atoms. The van der Waals surface area contributed by atoms with Crippen molar-refractivity contribution in [2.75, 3.05) is 11.4 Å². The lowest BCUT2D eigenvalue weighted by molar-refractivity contribution is 0.256. The van der Waals surface area contributed by atoms with E-state index < -0.39 is 0 Å². The zero-order valence-electron chi connectivity index (χ0n) is 9.53. The van der Waals surface area contributed by atoms with Gasteiger partial charge in [0.1, 0.15) is 5.82 Å². The number of nitrogens with zero attached hydrogens (tertiary/aromatic N) is 1.